The molecule has 2 aromatic heterocycles. The fourth-order valence-corrected chi connectivity index (χ4v) is 3.84. The van der Waals surface area contributed by atoms with E-state index in [0.717, 1.165) is 12.8 Å². The van der Waals surface area contributed by atoms with Crippen molar-refractivity contribution in [2.45, 2.75) is 45.2 Å². The first-order chi connectivity index (χ1) is 15.1. The summed E-state index contributed by atoms with van der Waals surface area (Å²) in [6.07, 6.45) is 3.96. The number of amides is 1. The molecular weight excluding hydrogens is 411 g/mol. The summed E-state index contributed by atoms with van der Waals surface area (Å²) in [7, 11) is 0. The van der Waals surface area contributed by atoms with Gasteiger partial charge in [-0.3, -0.25) is 9.78 Å². The van der Waals surface area contributed by atoms with Crippen LogP contribution in [0.15, 0.2) is 53.2 Å². The molecule has 1 aliphatic rings. The van der Waals surface area contributed by atoms with Crippen molar-refractivity contribution in [2.24, 2.45) is 5.73 Å². The molecule has 0 spiro atoms. The number of anilines is 1. The van der Waals surface area contributed by atoms with E-state index >= 15 is 0 Å². The van der Waals surface area contributed by atoms with Crippen molar-refractivity contribution in [3.8, 4) is 11.5 Å². The molecule has 0 radical (unpaired) electrons. The lowest BCUT2D eigenvalue weighted by Crippen LogP contribution is -2.42. The molecule has 1 amide bonds. The minimum Gasteiger partial charge on any atom is -0.338 e. The number of hydrogen-bond acceptors (Lipinski definition) is 7. The molecule has 8 nitrogen and oxygen atoms in total. The monoisotopic (exact) mass is 440 g/mol. The van der Waals surface area contributed by atoms with Gasteiger partial charge in [0, 0.05) is 37.8 Å². The number of halogens is 1. The highest BCUT2D eigenvalue weighted by Crippen LogP contribution is 2.21. The van der Waals surface area contributed by atoms with Crippen LogP contribution >= 0.6 is 0 Å². The van der Waals surface area contributed by atoms with E-state index < -0.39 is 6.04 Å². The van der Waals surface area contributed by atoms with Crippen molar-refractivity contribution in [1.29, 1.82) is 0 Å². The molecular formula is C23H29FN6O2. The quantitative estimate of drug-likeness (QED) is 0.553. The van der Waals surface area contributed by atoms with Crippen LogP contribution < -0.4 is 11.1 Å². The zero-order chi connectivity index (χ0) is 21.6. The number of aromatic nitrogens is 3. The highest BCUT2D eigenvalue weighted by atomic mass is 19.1. The number of carbonyl (C=O) groups is 1. The van der Waals surface area contributed by atoms with Crippen molar-refractivity contribution in [3.05, 3.63) is 60.0 Å². The number of rotatable bonds is 8. The van der Waals surface area contributed by atoms with Gasteiger partial charge in [0.15, 0.2) is 0 Å². The second-order valence-electron chi connectivity index (χ2n) is 7.66. The van der Waals surface area contributed by atoms with Gasteiger partial charge in [0.25, 0.3) is 0 Å². The van der Waals surface area contributed by atoms with Crippen LogP contribution in [0.2, 0.25) is 0 Å². The Labute approximate surface area is 187 Å². The molecule has 0 bridgehead atoms. The standard InChI is InChI=1S/C22H25FN6O2.CH4/c23-18-8-2-1-6-15(18)12-16(24)13-20(30)29-11-5-7-17(29)14-26-22-27-21(28-31-22)19-9-3-4-10-25-19;/h1-4,6,8-10,16-17H,5,7,11-14,24H2,(H,26,27,28);1H4/t16-,17?;/m1./s1. The van der Waals surface area contributed by atoms with Gasteiger partial charge in [-0.15, -0.1) is 0 Å². The Morgan fingerprint density at radius 2 is 2.09 bits per heavy atom. The second kappa shape index (κ2) is 10.8. The van der Waals surface area contributed by atoms with Gasteiger partial charge in [0.1, 0.15) is 11.5 Å². The largest absolute Gasteiger partial charge is 0.338 e. The number of pyridine rings is 1. The van der Waals surface area contributed by atoms with Gasteiger partial charge in [0.05, 0.1) is 0 Å². The van der Waals surface area contributed by atoms with Crippen LogP contribution in [0, 0.1) is 5.82 Å². The third-order valence-electron chi connectivity index (χ3n) is 5.38. The SMILES string of the molecule is C.N[C@@H](CC(=O)N1CCCC1CNc1nc(-c2ccccn2)no1)Cc1ccccc1F. The lowest BCUT2D eigenvalue weighted by atomic mass is 10.0. The molecule has 170 valence electrons. The third-order valence-corrected chi connectivity index (χ3v) is 5.38. The molecule has 1 fully saturated rings. The fourth-order valence-electron chi connectivity index (χ4n) is 3.84. The average Bonchev–Trinajstić information content (AvgIpc) is 3.44. The first-order valence-corrected chi connectivity index (χ1v) is 10.4. The van der Waals surface area contributed by atoms with Crippen molar-refractivity contribution >= 4 is 11.9 Å². The molecule has 3 N–H and O–H groups in total. The van der Waals surface area contributed by atoms with Crippen LogP contribution in [-0.4, -0.2) is 51.1 Å². The van der Waals surface area contributed by atoms with Crippen LogP contribution in [-0.2, 0) is 11.2 Å². The maximum Gasteiger partial charge on any atom is 0.321 e. The molecule has 4 rings (SSSR count). The molecule has 1 aliphatic heterocycles. The van der Waals surface area contributed by atoms with Crippen LogP contribution in [0.4, 0.5) is 10.4 Å². The lowest BCUT2D eigenvalue weighted by molar-refractivity contribution is -0.132. The number of nitrogens with zero attached hydrogens (tertiary/aromatic N) is 4. The summed E-state index contributed by atoms with van der Waals surface area (Å²) < 4.78 is 19.1. The number of likely N-dealkylation sites (tertiary alicyclic amines) is 1. The minimum absolute atomic E-state index is 0. The minimum atomic E-state index is -0.435. The lowest BCUT2D eigenvalue weighted by Gasteiger charge is -2.26. The van der Waals surface area contributed by atoms with Gasteiger partial charge in [-0.05, 0) is 43.0 Å². The highest BCUT2D eigenvalue weighted by Gasteiger charge is 2.29. The molecule has 2 atom stereocenters. The van der Waals surface area contributed by atoms with Gasteiger partial charge in [-0.25, -0.2) is 4.39 Å². The molecule has 3 aromatic rings. The molecule has 1 aromatic carbocycles. The van der Waals surface area contributed by atoms with Crippen molar-refractivity contribution in [1.82, 2.24) is 20.0 Å². The summed E-state index contributed by atoms with van der Waals surface area (Å²) >= 11 is 0. The van der Waals surface area contributed by atoms with Gasteiger partial charge in [-0.1, -0.05) is 36.8 Å². The fraction of sp³-hybridized carbons (Fsp3) is 0.391. The maximum absolute atomic E-state index is 13.8. The maximum atomic E-state index is 13.8. The predicted molar refractivity (Wildman–Crippen MR) is 120 cm³/mol. The molecule has 1 saturated heterocycles. The molecule has 0 aliphatic carbocycles. The molecule has 32 heavy (non-hydrogen) atoms. The number of hydrogen-bond donors (Lipinski definition) is 2. The normalized spacial score (nSPS) is 16.4. The number of benzene rings is 1. The number of nitrogens with one attached hydrogen (secondary N) is 1. The molecule has 9 heteroatoms. The van der Waals surface area contributed by atoms with Crippen molar-refractivity contribution in [3.63, 3.8) is 0 Å². The summed E-state index contributed by atoms with van der Waals surface area (Å²) in [5, 5.41) is 7.05. The van der Waals surface area contributed by atoms with E-state index in [1.165, 1.54) is 6.07 Å². The summed E-state index contributed by atoms with van der Waals surface area (Å²) in [5.74, 6) is 0.0905. The van der Waals surface area contributed by atoms with E-state index in [0.29, 0.717) is 36.6 Å². The highest BCUT2D eigenvalue weighted by molar-refractivity contribution is 5.77. The topological polar surface area (TPSA) is 110 Å². The first kappa shape index (κ1) is 23.3. The number of carbonyl (C=O) groups excluding carboxylic acids is 1. The smallest absolute Gasteiger partial charge is 0.321 e. The Hall–Kier alpha value is -3.33. The second-order valence-corrected chi connectivity index (χ2v) is 7.66. The Morgan fingerprint density at radius 1 is 1.28 bits per heavy atom. The first-order valence-electron chi connectivity index (χ1n) is 10.4. The van der Waals surface area contributed by atoms with Crippen LogP contribution in [0.1, 0.15) is 32.3 Å². The summed E-state index contributed by atoms with van der Waals surface area (Å²) in [6, 6.07) is 11.9. The van der Waals surface area contributed by atoms with E-state index in [4.69, 9.17) is 10.3 Å². The molecule has 3 heterocycles. The van der Waals surface area contributed by atoms with E-state index in [2.05, 4.69) is 20.4 Å². The zero-order valence-corrected chi connectivity index (χ0v) is 17.1. The Morgan fingerprint density at radius 3 is 2.88 bits per heavy atom. The predicted octanol–water partition coefficient (Wildman–Crippen LogP) is 3.27. The van der Waals surface area contributed by atoms with E-state index in [1.807, 2.05) is 17.0 Å². The third kappa shape index (κ3) is 5.67. The summed E-state index contributed by atoms with van der Waals surface area (Å²) in [6.45, 7) is 1.18. The van der Waals surface area contributed by atoms with E-state index in [9.17, 15) is 9.18 Å². The van der Waals surface area contributed by atoms with Crippen LogP contribution in [0.25, 0.3) is 11.5 Å². The van der Waals surface area contributed by atoms with Gasteiger partial charge >= 0.3 is 6.01 Å². The zero-order valence-electron chi connectivity index (χ0n) is 17.1. The average molecular weight is 441 g/mol. The van der Waals surface area contributed by atoms with E-state index in [-0.39, 0.29) is 37.6 Å². The van der Waals surface area contributed by atoms with Crippen molar-refractivity contribution in [2.75, 3.05) is 18.4 Å². The van der Waals surface area contributed by atoms with Crippen LogP contribution in [0.3, 0.4) is 0 Å². The summed E-state index contributed by atoms with van der Waals surface area (Å²) in [5.41, 5.74) is 7.30. The molecule has 0 saturated carbocycles. The Bertz CT molecular complexity index is 1010. The molecule has 1 unspecified atom stereocenters. The van der Waals surface area contributed by atoms with Crippen LogP contribution in [0.5, 0.6) is 0 Å². The number of nitrogens with two attached hydrogens (primary N) is 1. The van der Waals surface area contributed by atoms with Gasteiger partial charge < -0.3 is 20.5 Å². The van der Waals surface area contributed by atoms with Gasteiger partial charge in [-0.2, -0.15) is 4.98 Å². The summed E-state index contributed by atoms with van der Waals surface area (Å²) in [4.78, 5) is 23.1. The van der Waals surface area contributed by atoms with E-state index in [1.54, 1.807) is 30.5 Å². The van der Waals surface area contributed by atoms with Gasteiger partial charge in [0.2, 0.25) is 11.7 Å². The Kier molecular flexibility index (Phi) is 7.88. The Balaban J connectivity index is 0.00000289. The van der Waals surface area contributed by atoms with Crippen molar-refractivity contribution < 1.29 is 13.7 Å².